The summed E-state index contributed by atoms with van der Waals surface area (Å²) in [5, 5.41) is 10.6. The van der Waals surface area contributed by atoms with E-state index >= 15 is 0 Å². The Labute approximate surface area is 131 Å². The molecule has 1 atom stereocenters. The number of carbonyl (C=O) groups excluding carboxylic acids is 1. The van der Waals surface area contributed by atoms with E-state index in [4.69, 9.17) is 0 Å². The minimum Gasteiger partial charge on any atom is -0.349 e. The van der Waals surface area contributed by atoms with E-state index in [2.05, 4.69) is 41.3 Å². The smallest absolute Gasteiger partial charge is 0.222 e. The quantitative estimate of drug-likeness (QED) is 0.889. The van der Waals surface area contributed by atoms with Gasteiger partial charge in [-0.05, 0) is 23.5 Å². The van der Waals surface area contributed by atoms with Gasteiger partial charge in [0.25, 0.3) is 0 Å². The first-order valence-corrected chi connectivity index (χ1v) is 7.46. The monoisotopic (exact) mass is 301 g/mol. The van der Waals surface area contributed by atoms with E-state index in [1.54, 1.807) is 23.4 Å². The Bertz CT molecular complexity index is 574. The third-order valence-corrected chi connectivity index (χ3v) is 3.30. The highest BCUT2D eigenvalue weighted by molar-refractivity contribution is 5.76. The number of amides is 1. The van der Waals surface area contributed by atoms with Crippen LogP contribution in [0.4, 0.5) is 0 Å². The molecule has 2 rings (SSSR count). The first-order chi connectivity index (χ1) is 10.4. The number of rotatable bonds is 6. The summed E-state index contributed by atoms with van der Waals surface area (Å²) in [4.78, 5) is 16.4. The number of aryl methyl sites for hydroxylation is 1. The fourth-order valence-electron chi connectivity index (χ4n) is 2.28. The Morgan fingerprint density at radius 1 is 1.32 bits per heavy atom. The summed E-state index contributed by atoms with van der Waals surface area (Å²) < 4.78 is 1.79. The molecule has 0 aliphatic carbocycles. The van der Waals surface area contributed by atoms with Crippen LogP contribution in [0, 0.1) is 5.41 Å². The number of pyridine rings is 1. The standard InChI is InChI=1S/C16H23N5O/c1-16(2,3)9-14(13-5-4-7-17-10-13)20-15(22)6-8-21-11-18-19-12-21/h4-5,7,10-12,14H,6,8-9H2,1-3H3,(H,20,22). The normalized spacial score (nSPS) is 12.9. The molecule has 0 saturated carbocycles. The number of hydrogen-bond acceptors (Lipinski definition) is 4. The second-order valence-electron chi connectivity index (χ2n) is 6.62. The second kappa shape index (κ2) is 7.15. The first-order valence-electron chi connectivity index (χ1n) is 7.46. The molecule has 0 fully saturated rings. The zero-order chi connectivity index (χ0) is 16.0. The molecule has 0 aliphatic heterocycles. The maximum absolute atomic E-state index is 12.2. The fourth-order valence-corrected chi connectivity index (χ4v) is 2.28. The SMILES string of the molecule is CC(C)(C)CC(NC(=O)CCn1cnnc1)c1cccnc1. The van der Waals surface area contributed by atoms with Crippen LogP contribution in [-0.4, -0.2) is 25.7 Å². The molecule has 118 valence electrons. The Morgan fingerprint density at radius 2 is 2.05 bits per heavy atom. The van der Waals surface area contributed by atoms with Crippen LogP contribution in [0.3, 0.4) is 0 Å². The van der Waals surface area contributed by atoms with Crippen LogP contribution < -0.4 is 5.32 Å². The maximum Gasteiger partial charge on any atom is 0.222 e. The van der Waals surface area contributed by atoms with Crippen LogP contribution >= 0.6 is 0 Å². The minimum absolute atomic E-state index is 0.0202. The van der Waals surface area contributed by atoms with Gasteiger partial charge in [0.15, 0.2) is 0 Å². The Balaban J connectivity index is 1.98. The number of hydrogen-bond donors (Lipinski definition) is 1. The van der Waals surface area contributed by atoms with Crippen molar-refractivity contribution >= 4 is 5.91 Å². The van der Waals surface area contributed by atoms with Gasteiger partial charge in [-0.25, -0.2) is 0 Å². The Morgan fingerprint density at radius 3 is 2.64 bits per heavy atom. The summed E-state index contributed by atoms with van der Waals surface area (Å²) in [6, 6.07) is 3.87. The van der Waals surface area contributed by atoms with Gasteiger partial charge in [-0.1, -0.05) is 26.8 Å². The second-order valence-corrected chi connectivity index (χ2v) is 6.62. The predicted molar refractivity (Wildman–Crippen MR) is 83.8 cm³/mol. The van der Waals surface area contributed by atoms with E-state index in [-0.39, 0.29) is 17.4 Å². The van der Waals surface area contributed by atoms with Crippen LogP contribution in [0.2, 0.25) is 0 Å². The zero-order valence-corrected chi connectivity index (χ0v) is 13.4. The molecule has 2 aromatic rings. The largest absolute Gasteiger partial charge is 0.349 e. The molecule has 1 amide bonds. The molecule has 2 heterocycles. The molecule has 1 N–H and O–H groups in total. The topological polar surface area (TPSA) is 72.7 Å². The summed E-state index contributed by atoms with van der Waals surface area (Å²) in [6.07, 6.45) is 8.04. The molecular formula is C16H23N5O. The fraction of sp³-hybridized carbons (Fsp3) is 0.500. The molecule has 0 aromatic carbocycles. The minimum atomic E-state index is -0.0258. The average Bonchev–Trinajstić information content (AvgIpc) is 2.97. The van der Waals surface area contributed by atoms with Gasteiger partial charge in [0.1, 0.15) is 12.7 Å². The first kappa shape index (κ1) is 16.1. The van der Waals surface area contributed by atoms with Crippen molar-refractivity contribution in [2.24, 2.45) is 5.41 Å². The highest BCUT2D eigenvalue weighted by Gasteiger charge is 2.22. The molecule has 1 unspecified atom stereocenters. The molecule has 6 heteroatoms. The number of nitrogens with zero attached hydrogens (tertiary/aromatic N) is 4. The van der Waals surface area contributed by atoms with E-state index in [0.717, 1.165) is 12.0 Å². The van der Waals surface area contributed by atoms with Gasteiger partial charge < -0.3 is 9.88 Å². The van der Waals surface area contributed by atoms with Crippen LogP contribution in [0.15, 0.2) is 37.2 Å². The lowest BCUT2D eigenvalue weighted by atomic mass is 9.86. The highest BCUT2D eigenvalue weighted by Crippen LogP contribution is 2.29. The van der Waals surface area contributed by atoms with Gasteiger partial charge in [0, 0.05) is 25.4 Å². The van der Waals surface area contributed by atoms with Crippen molar-refractivity contribution in [2.45, 2.75) is 46.2 Å². The summed E-state index contributed by atoms with van der Waals surface area (Å²) in [7, 11) is 0. The van der Waals surface area contributed by atoms with Crippen molar-refractivity contribution in [3.05, 3.63) is 42.7 Å². The molecular weight excluding hydrogens is 278 g/mol. The van der Waals surface area contributed by atoms with E-state index in [1.165, 1.54) is 0 Å². The van der Waals surface area contributed by atoms with E-state index in [0.29, 0.717) is 13.0 Å². The molecule has 0 bridgehead atoms. The summed E-state index contributed by atoms with van der Waals surface area (Å²) in [5.74, 6) is 0.0202. The average molecular weight is 301 g/mol. The lowest BCUT2D eigenvalue weighted by molar-refractivity contribution is -0.122. The van der Waals surface area contributed by atoms with Gasteiger partial charge in [0.05, 0.1) is 6.04 Å². The summed E-state index contributed by atoms with van der Waals surface area (Å²) in [6.45, 7) is 7.08. The van der Waals surface area contributed by atoms with Gasteiger partial charge >= 0.3 is 0 Å². The predicted octanol–water partition coefficient (Wildman–Crippen LogP) is 2.36. The number of nitrogens with one attached hydrogen (secondary N) is 1. The summed E-state index contributed by atoms with van der Waals surface area (Å²) in [5.41, 5.74) is 1.15. The van der Waals surface area contributed by atoms with Crippen molar-refractivity contribution in [1.29, 1.82) is 0 Å². The van der Waals surface area contributed by atoms with Crippen molar-refractivity contribution in [2.75, 3.05) is 0 Å². The molecule has 0 spiro atoms. The molecule has 0 aliphatic rings. The van der Waals surface area contributed by atoms with Crippen molar-refractivity contribution in [3.63, 3.8) is 0 Å². The third-order valence-electron chi connectivity index (χ3n) is 3.30. The maximum atomic E-state index is 12.2. The molecule has 6 nitrogen and oxygen atoms in total. The van der Waals surface area contributed by atoms with E-state index in [1.807, 2.05) is 18.3 Å². The zero-order valence-electron chi connectivity index (χ0n) is 13.4. The van der Waals surface area contributed by atoms with Gasteiger partial charge in [-0.2, -0.15) is 0 Å². The Hall–Kier alpha value is -2.24. The lowest BCUT2D eigenvalue weighted by Crippen LogP contribution is -2.31. The molecule has 2 aromatic heterocycles. The van der Waals surface area contributed by atoms with Crippen molar-refractivity contribution in [1.82, 2.24) is 25.1 Å². The lowest BCUT2D eigenvalue weighted by Gasteiger charge is -2.27. The van der Waals surface area contributed by atoms with Crippen molar-refractivity contribution in [3.8, 4) is 0 Å². The van der Waals surface area contributed by atoms with Crippen LogP contribution in [0.5, 0.6) is 0 Å². The Kier molecular flexibility index (Phi) is 5.25. The van der Waals surface area contributed by atoms with Crippen LogP contribution in [-0.2, 0) is 11.3 Å². The summed E-state index contributed by atoms with van der Waals surface area (Å²) >= 11 is 0. The third kappa shape index (κ3) is 5.27. The molecule has 0 radical (unpaired) electrons. The number of carbonyl (C=O) groups is 1. The van der Waals surface area contributed by atoms with Crippen molar-refractivity contribution < 1.29 is 4.79 Å². The van der Waals surface area contributed by atoms with Crippen LogP contribution in [0.1, 0.15) is 45.2 Å². The van der Waals surface area contributed by atoms with Gasteiger partial charge in [-0.15, -0.1) is 10.2 Å². The molecule has 22 heavy (non-hydrogen) atoms. The van der Waals surface area contributed by atoms with Gasteiger partial charge in [0.2, 0.25) is 5.91 Å². The van der Waals surface area contributed by atoms with Crippen LogP contribution in [0.25, 0.3) is 0 Å². The van der Waals surface area contributed by atoms with E-state index in [9.17, 15) is 4.79 Å². The van der Waals surface area contributed by atoms with Gasteiger partial charge in [-0.3, -0.25) is 9.78 Å². The molecule has 0 saturated heterocycles. The number of aromatic nitrogens is 4. The highest BCUT2D eigenvalue weighted by atomic mass is 16.1. The van der Waals surface area contributed by atoms with E-state index < -0.39 is 0 Å².